The number of benzene rings is 2. The Hall–Kier alpha value is -3.34. The lowest BCUT2D eigenvalue weighted by atomic mass is 10.3. The van der Waals surface area contributed by atoms with Gasteiger partial charge < -0.3 is 4.98 Å². The maximum Gasteiger partial charge on any atom is 0.157 e. The lowest BCUT2D eigenvalue weighted by Crippen LogP contribution is -1.82. The largest absolute Gasteiger partial charge is 0.337 e. The third-order valence-electron chi connectivity index (χ3n) is 3.41. The van der Waals surface area contributed by atoms with Crippen LogP contribution in [0.1, 0.15) is 0 Å². The van der Waals surface area contributed by atoms with Crippen molar-refractivity contribution in [1.82, 2.24) is 15.0 Å². The summed E-state index contributed by atoms with van der Waals surface area (Å²) < 4.78 is 0. The van der Waals surface area contributed by atoms with Crippen molar-refractivity contribution in [2.45, 2.75) is 0 Å². The van der Waals surface area contributed by atoms with Gasteiger partial charge in [-0.3, -0.25) is 4.98 Å². The molecule has 5 heteroatoms. The molecule has 4 aromatic rings. The van der Waals surface area contributed by atoms with Crippen LogP contribution < -0.4 is 0 Å². The number of azo groups is 1. The quantitative estimate of drug-likeness (QED) is 0.538. The maximum absolute atomic E-state index is 4.55. The molecule has 1 N–H and O–H groups in total. The average molecular weight is 299 g/mol. The summed E-state index contributed by atoms with van der Waals surface area (Å²) in [5.74, 6) is 0.748. The van der Waals surface area contributed by atoms with Crippen LogP contribution in [0.2, 0.25) is 0 Å². The number of aromatic amines is 1. The minimum Gasteiger partial charge on any atom is -0.337 e. The van der Waals surface area contributed by atoms with Gasteiger partial charge in [0.25, 0.3) is 0 Å². The van der Waals surface area contributed by atoms with Crippen LogP contribution >= 0.6 is 0 Å². The van der Waals surface area contributed by atoms with Crippen molar-refractivity contribution in [2.24, 2.45) is 10.2 Å². The number of fused-ring (bicyclic) bond motifs is 1. The number of H-pyrrole nitrogens is 1. The minimum atomic E-state index is 0.748. The second kappa shape index (κ2) is 5.81. The van der Waals surface area contributed by atoms with E-state index >= 15 is 0 Å². The molecule has 0 aliphatic carbocycles. The number of rotatable bonds is 3. The summed E-state index contributed by atoms with van der Waals surface area (Å²) in [5, 5.41) is 8.50. The SMILES string of the molecule is c1ccc(N=Nc2ccc3nc(-c4ccccn4)[nH]c3c2)cc1. The normalized spacial score (nSPS) is 11.3. The van der Waals surface area contributed by atoms with E-state index in [2.05, 4.69) is 25.2 Å². The predicted octanol–water partition coefficient (Wildman–Crippen LogP) is 5.04. The van der Waals surface area contributed by atoms with Crippen molar-refractivity contribution in [2.75, 3.05) is 0 Å². The van der Waals surface area contributed by atoms with Crippen LogP contribution in [0.5, 0.6) is 0 Å². The lowest BCUT2D eigenvalue weighted by Gasteiger charge is -1.93. The van der Waals surface area contributed by atoms with Crippen LogP contribution in [0.15, 0.2) is 83.2 Å². The van der Waals surface area contributed by atoms with Gasteiger partial charge in [0.15, 0.2) is 5.82 Å². The van der Waals surface area contributed by atoms with E-state index in [1.807, 2.05) is 66.7 Å². The van der Waals surface area contributed by atoms with Crippen molar-refractivity contribution in [3.63, 3.8) is 0 Å². The van der Waals surface area contributed by atoms with Crippen molar-refractivity contribution in [3.8, 4) is 11.5 Å². The Balaban J connectivity index is 1.67. The molecule has 0 atom stereocenters. The molecule has 4 rings (SSSR count). The summed E-state index contributed by atoms with van der Waals surface area (Å²) in [6.07, 6.45) is 1.75. The summed E-state index contributed by atoms with van der Waals surface area (Å²) >= 11 is 0. The molecule has 2 aromatic heterocycles. The Bertz CT molecular complexity index is 959. The molecule has 0 aliphatic rings. The first-order chi connectivity index (χ1) is 11.4. The minimum absolute atomic E-state index is 0.748. The van der Waals surface area contributed by atoms with Gasteiger partial charge in [-0.2, -0.15) is 10.2 Å². The Morgan fingerprint density at radius 3 is 2.43 bits per heavy atom. The summed E-state index contributed by atoms with van der Waals surface area (Å²) in [4.78, 5) is 12.1. The highest BCUT2D eigenvalue weighted by atomic mass is 15.1. The van der Waals surface area contributed by atoms with Gasteiger partial charge in [-0.1, -0.05) is 24.3 Å². The number of pyridine rings is 1. The summed E-state index contributed by atoms with van der Waals surface area (Å²) in [5.41, 5.74) is 4.21. The molecule has 0 fully saturated rings. The third kappa shape index (κ3) is 2.85. The zero-order valence-corrected chi connectivity index (χ0v) is 12.2. The first kappa shape index (κ1) is 13.3. The fourth-order valence-corrected chi connectivity index (χ4v) is 2.29. The second-order valence-corrected chi connectivity index (χ2v) is 5.04. The Morgan fingerprint density at radius 1 is 0.783 bits per heavy atom. The Morgan fingerprint density at radius 2 is 1.61 bits per heavy atom. The molecule has 0 saturated carbocycles. The highest BCUT2D eigenvalue weighted by molar-refractivity contribution is 5.81. The van der Waals surface area contributed by atoms with Crippen LogP contribution in [-0.4, -0.2) is 15.0 Å². The smallest absolute Gasteiger partial charge is 0.157 e. The fourth-order valence-electron chi connectivity index (χ4n) is 2.29. The Labute approximate surface area is 132 Å². The highest BCUT2D eigenvalue weighted by Gasteiger charge is 2.06. The van der Waals surface area contributed by atoms with E-state index in [-0.39, 0.29) is 0 Å². The van der Waals surface area contributed by atoms with Crippen molar-refractivity contribution in [1.29, 1.82) is 0 Å². The van der Waals surface area contributed by atoms with Crippen LogP contribution in [-0.2, 0) is 0 Å². The summed E-state index contributed by atoms with van der Waals surface area (Å²) in [6.45, 7) is 0. The molecule has 0 bridgehead atoms. The number of hydrogen-bond acceptors (Lipinski definition) is 4. The molecule has 23 heavy (non-hydrogen) atoms. The molecule has 0 amide bonds. The molecule has 0 aliphatic heterocycles. The Kier molecular flexibility index (Phi) is 3.37. The number of aromatic nitrogens is 3. The number of nitrogens with zero attached hydrogens (tertiary/aromatic N) is 4. The second-order valence-electron chi connectivity index (χ2n) is 5.04. The monoisotopic (exact) mass is 299 g/mol. The van der Waals surface area contributed by atoms with Crippen LogP contribution in [0.3, 0.4) is 0 Å². The van der Waals surface area contributed by atoms with Gasteiger partial charge in [0.2, 0.25) is 0 Å². The predicted molar refractivity (Wildman–Crippen MR) is 89.9 cm³/mol. The van der Waals surface area contributed by atoms with Gasteiger partial charge >= 0.3 is 0 Å². The van der Waals surface area contributed by atoms with Gasteiger partial charge in [-0.15, -0.1) is 0 Å². The van der Waals surface area contributed by atoms with Crippen molar-refractivity contribution >= 4 is 22.4 Å². The van der Waals surface area contributed by atoms with Gasteiger partial charge in [-0.05, 0) is 42.5 Å². The van der Waals surface area contributed by atoms with Gasteiger partial charge in [0, 0.05) is 6.20 Å². The topological polar surface area (TPSA) is 66.3 Å². The van der Waals surface area contributed by atoms with E-state index in [4.69, 9.17) is 0 Å². The summed E-state index contributed by atoms with van der Waals surface area (Å²) in [7, 11) is 0. The third-order valence-corrected chi connectivity index (χ3v) is 3.41. The van der Waals surface area contributed by atoms with Crippen LogP contribution in [0.4, 0.5) is 11.4 Å². The fraction of sp³-hybridized carbons (Fsp3) is 0. The van der Waals surface area contributed by atoms with E-state index in [9.17, 15) is 0 Å². The van der Waals surface area contributed by atoms with Crippen molar-refractivity contribution < 1.29 is 0 Å². The van der Waals surface area contributed by atoms with Gasteiger partial charge in [0.1, 0.15) is 5.69 Å². The summed E-state index contributed by atoms with van der Waals surface area (Å²) in [6, 6.07) is 21.2. The molecule has 0 unspecified atom stereocenters. The highest BCUT2D eigenvalue weighted by Crippen LogP contribution is 2.24. The maximum atomic E-state index is 4.55. The zero-order valence-electron chi connectivity index (χ0n) is 12.2. The number of imidazole rings is 1. The molecular formula is C18H13N5. The lowest BCUT2D eigenvalue weighted by molar-refractivity contribution is 1.23. The van der Waals surface area contributed by atoms with E-state index in [0.717, 1.165) is 33.9 Å². The molecule has 5 nitrogen and oxygen atoms in total. The zero-order chi connectivity index (χ0) is 15.5. The molecule has 0 spiro atoms. The van der Waals surface area contributed by atoms with E-state index in [1.54, 1.807) is 6.20 Å². The standard InChI is InChI=1S/C18H13N5/c1-2-6-13(7-3-1)22-23-14-9-10-15-17(12-14)21-18(20-15)16-8-4-5-11-19-16/h1-12H,(H,20,21). The van der Waals surface area contributed by atoms with Gasteiger partial charge in [0.05, 0.1) is 22.4 Å². The average Bonchev–Trinajstić information content (AvgIpc) is 3.05. The molecule has 2 aromatic carbocycles. The molecular weight excluding hydrogens is 286 g/mol. The molecule has 0 radical (unpaired) electrons. The first-order valence-corrected chi connectivity index (χ1v) is 7.26. The number of hydrogen-bond donors (Lipinski definition) is 1. The van der Waals surface area contributed by atoms with Crippen molar-refractivity contribution in [3.05, 3.63) is 72.9 Å². The van der Waals surface area contributed by atoms with Crippen LogP contribution in [0, 0.1) is 0 Å². The van der Waals surface area contributed by atoms with E-state index in [1.165, 1.54) is 0 Å². The van der Waals surface area contributed by atoms with E-state index < -0.39 is 0 Å². The van der Waals surface area contributed by atoms with E-state index in [0.29, 0.717) is 0 Å². The molecule has 0 saturated heterocycles. The first-order valence-electron chi connectivity index (χ1n) is 7.26. The van der Waals surface area contributed by atoms with Crippen LogP contribution in [0.25, 0.3) is 22.6 Å². The molecule has 110 valence electrons. The number of nitrogens with one attached hydrogen (secondary N) is 1. The van der Waals surface area contributed by atoms with Gasteiger partial charge in [-0.25, -0.2) is 4.98 Å². The molecule has 2 heterocycles.